The van der Waals surface area contributed by atoms with E-state index < -0.39 is 0 Å². The average Bonchev–Trinajstić information content (AvgIpc) is 3.36. The summed E-state index contributed by atoms with van der Waals surface area (Å²) < 4.78 is 1.86. The summed E-state index contributed by atoms with van der Waals surface area (Å²) in [6.07, 6.45) is 0. The van der Waals surface area contributed by atoms with Crippen molar-refractivity contribution < 1.29 is 0 Å². The normalized spacial score (nSPS) is 11.5. The zero-order valence-electron chi connectivity index (χ0n) is 13.8. The summed E-state index contributed by atoms with van der Waals surface area (Å²) >= 11 is 3.38. The lowest BCUT2D eigenvalue weighted by atomic mass is 10.2. The number of thioether (sulfide) groups is 1. The molecule has 7 heteroatoms. The number of para-hydroxylation sites is 1. The van der Waals surface area contributed by atoms with Crippen molar-refractivity contribution in [2.45, 2.75) is 11.5 Å². The summed E-state index contributed by atoms with van der Waals surface area (Å²) in [5.74, 6) is 2.63. The summed E-state index contributed by atoms with van der Waals surface area (Å²) in [6, 6.07) is 20.8. The summed E-state index contributed by atoms with van der Waals surface area (Å²) in [5, 5.41) is 15.4. The Morgan fingerprint density at radius 2 is 1.81 bits per heavy atom. The Hall–Kier alpha value is -2.64. The number of H-pyrrole nitrogens is 1. The maximum Gasteiger partial charge on any atom is 0.235 e. The standard InChI is InChI=1S/C19H15N5S2/c1-2-6-13(7-3-1)11-25-12-17-21-22-19-24(17)23-18(26-19)16-10-14-8-4-5-9-15(14)20-16/h1-10,20H,11-12H2. The summed E-state index contributed by atoms with van der Waals surface area (Å²) in [4.78, 5) is 4.26. The van der Waals surface area contributed by atoms with Crippen molar-refractivity contribution in [1.29, 1.82) is 0 Å². The fraction of sp³-hybridized carbons (Fsp3) is 0.105. The first kappa shape index (κ1) is 15.6. The molecule has 1 N–H and O–H groups in total. The third kappa shape index (κ3) is 2.89. The van der Waals surface area contributed by atoms with Gasteiger partial charge in [0, 0.05) is 16.7 Å². The molecule has 128 valence electrons. The number of aromatic nitrogens is 5. The molecule has 3 heterocycles. The molecule has 0 aliphatic rings. The van der Waals surface area contributed by atoms with Crippen LogP contribution in [0.2, 0.25) is 0 Å². The van der Waals surface area contributed by atoms with Crippen LogP contribution in [0.1, 0.15) is 11.4 Å². The highest BCUT2D eigenvalue weighted by Gasteiger charge is 2.14. The molecule has 0 fully saturated rings. The Morgan fingerprint density at radius 1 is 0.962 bits per heavy atom. The lowest BCUT2D eigenvalue weighted by Gasteiger charge is -1.99. The highest BCUT2D eigenvalue weighted by molar-refractivity contribution is 7.97. The molecular weight excluding hydrogens is 362 g/mol. The topological polar surface area (TPSA) is 58.9 Å². The second kappa shape index (κ2) is 6.59. The van der Waals surface area contributed by atoms with E-state index in [1.807, 2.05) is 34.5 Å². The lowest BCUT2D eigenvalue weighted by molar-refractivity contribution is 0.886. The van der Waals surface area contributed by atoms with Crippen LogP contribution in [0.15, 0.2) is 60.7 Å². The van der Waals surface area contributed by atoms with Crippen LogP contribution in [0.25, 0.3) is 26.6 Å². The van der Waals surface area contributed by atoms with Gasteiger partial charge in [-0.05, 0) is 17.7 Å². The monoisotopic (exact) mass is 377 g/mol. The number of benzene rings is 2. The molecule has 0 aliphatic heterocycles. The van der Waals surface area contributed by atoms with Gasteiger partial charge in [-0.25, -0.2) is 0 Å². The van der Waals surface area contributed by atoms with Gasteiger partial charge in [0.2, 0.25) is 4.96 Å². The van der Waals surface area contributed by atoms with Crippen molar-refractivity contribution in [3.8, 4) is 10.7 Å². The molecule has 0 saturated heterocycles. The van der Waals surface area contributed by atoms with Crippen LogP contribution in [0, 0.1) is 0 Å². The third-order valence-electron chi connectivity index (χ3n) is 4.16. The van der Waals surface area contributed by atoms with Gasteiger partial charge >= 0.3 is 0 Å². The van der Waals surface area contributed by atoms with Crippen LogP contribution in [0.5, 0.6) is 0 Å². The first-order chi connectivity index (χ1) is 12.9. The highest BCUT2D eigenvalue weighted by Crippen LogP contribution is 2.28. The van der Waals surface area contributed by atoms with Gasteiger partial charge in [0.05, 0.1) is 11.4 Å². The SMILES string of the molecule is c1ccc(CSCc2nnc3sc(-c4cc5ccccc5[nH]4)nn23)cc1. The minimum atomic E-state index is 0.784. The molecule has 5 aromatic rings. The van der Waals surface area contributed by atoms with Gasteiger partial charge < -0.3 is 4.98 Å². The Morgan fingerprint density at radius 3 is 2.69 bits per heavy atom. The first-order valence-corrected chi connectivity index (χ1v) is 10.2. The summed E-state index contributed by atoms with van der Waals surface area (Å²) in [6.45, 7) is 0. The number of nitrogens with one attached hydrogen (secondary N) is 1. The van der Waals surface area contributed by atoms with E-state index in [2.05, 4.69) is 57.6 Å². The molecule has 0 unspecified atom stereocenters. The van der Waals surface area contributed by atoms with E-state index in [4.69, 9.17) is 5.10 Å². The number of hydrogen-bond acceptors (Lipinski definition) is 5. The molecule has 0 aliphatic carbocycles. The molecule has 2 aromatic carbocycles. The molecule has 0 spiro atoms. The molecule has 3 aromatic heterocycles. The van der Waals surface area contributed by atoms with Gasteiger partial charge in [0.15, 0.2) is 10.8 Å². The lowest BCUT2D eigenvalue weighted by Crippen LogP contribution is -1.94. The van der Waals surface area contributed by atoms with E-state index in [9.17, 15) is 0 Å². The summed E-state index contributed by atoms with van der Waals surface area (Å²) in [5.41, 5.74) is 3.45. The van der Waals surface area contributed by atoms with Gasteiger partial charge in [0.1, 0.15) is 0 Å². The van der Waals surface area contributed by atoms with Crippen molar-refractivity contribution in [3.63, 3.8) is 0 Å². The maximum atomic E-state index is 4.73. The van der Waals surface area contributed by atoms with Gasteiger partial charge in [-0.1, -0.05) is 59.9 Å². The van der Waals surface area contributed by atoms with E-state index >= 15 is 0 Å². The smallest absolute Gasteiger partial charge is 0.235 e. The van der Waals surface area contributed by atoms with Crippen LogP contribution < -0.4 is 0 Å². The predicted octanol–water partition coefficient (Wildman–Crippen LogP) is 4.77. The van der Waals surface area contributed by atoms with Crippen molar-refractivity contribution in [2.75, 3.05) is 0 Å². The zero-order chi connectivity index (χ0) is 17.3. The van der Waals surface area contributed by atoms with Crippen LogP contribution >= 0.6 is 23.1 Å². The number of rotatable bonds is 5. The Labute approximate surface area is 158 Å². The minimum Gasteiger partial charge on any atom is -0.353 e. The van der Waals surface area contributed by atoms with E-state index in [-0.39, 0.29) is 0 Å². The average molecular weight is 377 g/mol. The fourth-order valence-electron chi connectivity index (χ4n) is 2.88. The van der Waals surface area contributed by atoms with Crippen LogP contribution in [-0.2, 0) is 11.5 Å². The van der Waals surface area contributed by atoms with Crippen molar-refractivity contribution in [1.82, 2.24) is 24.8 Å². The van der Waals surface area contributed by atoms with Gasteiger partial charge in [-0.3, -0.25) is 0 Å². The molecule has 0 amide bonds. The van der Waals surface area contributed by atoms with Crippen molar-refractivity contribution >= 4 is 39.0 Å². The largest absolute Gasteiger partial charge is 0.353 e. The zero-order valence-corrected chi connectivity index (χ0v) is 15.4. The van der Waals surface area contributed by atoms with E-state index in [0.29, 0.717) is 0 Å². The maximum absolute atomic E-state index is 4.73. The summed E-state index contributed by atoms with van der Waals surface area (Å²) in [7, 11) is 0. The van der Waals surface area contributed by atoms with Crippen LogP contribution in [-0.4, -0.2) is 24.8 Å². The second-order valence-corrected chi connectivity index (χ2v) is 7.91. The Kier molecular flexibility index (Phi) is 3.95. The van der Waals surface area contributed by atoms with Crippen molar-refractivity contribution in [2.24, 2.45) is 0 Å². The second-order valence-electron chi connectivity index (χ2n) is 5.97. The van der Waals surface area contributed by atoms with E-state index in [0.717, 1.165) is 38.5 Å². The molecule has 5 rings (SSSR count). The molecular formula is C19H15N5S2. The van der Waals surface area contributed by atoms with E-state index in [1.165, 1.54) is 10.9 Å². The molecule has 0 bridgehead atoms. The quantitative estimate of drug-likeness (QED) is 0.479. The highest BCUT2D eigenvalue weighted by atomic mass is 32.2. The number of nitrogens with zero attached hydrogens (tertiary/aromatic N) is 4. The van der Waals surface area contributed by atoms with Crippen LogP contribution in [0.3, 0.4) is 0 Å². The number of hydrogen-bond donors (Lipinski definition) is 1. The molecule has 26 heavy (non-hydrogen) atoms. The third-order valence-corrected chi connectivity index (χ3v) is 6.09. The van der Waals surface area contributed by atoms with E-state index in [1.54, 1.807) is 11.3 Å². The van der Waals surface area contributed by atoms with Crippen LogP contribution in [0.4, 0.5) is 0 Å². The molecule has 5 nitrogen and oxygen atoms in total. The van der Waals surface area contributed by atoms with Gasteiger partial charge in [0.25, 0.3) is 0 Å². The fourth-order valence-corrected chi connectivity index (χ4v) is 4.60. The van der Waals surface area contributed by atoms with Crippen molar-refractivity contribution in [3.05, 3.63) is 72.1 Å². The first-order valence-electron chi connectivity index (χ1n) is 8.28. The number of fused-ring (bicyclic) bond motifs is 2. The molecule has 0 radical (unpaired) electrons. The van der Waals surface area contributed by atoms with Gasteiger partial charge in [-0.2, -0.15) is 9.61 Å². The Balaban J connectivity index is 1.38. The molecule has 0 atom stereocenters. The predicted molar refractivity (Wildman–Crippen MR) is 107 cm³/mol. The number of aromatic amines is 1. The van der Waals surface area contributed by atoms with Gasteiger partial charge in [-0.15, -0.1) is 22.0 Å². The molecule has 0 saturated carbocycles. The Bertz CT molecular complexity index is 1140. The minimum absolute atomic E-state index is 0.784.